The molecule has 0 aliphatic heterocycles. The number of aromatic nitrogens is 4. The van der Waals surface area contributed by atoms with E-state index in [1.54, 1.807) is 18.4 Å². The third-order valence-electron chi connectivity index (χ3n) is 5.18. The Morgan fingerprint density at radius 1 is 1.30 bits per heavy atom. The molecule has 0 radical (unpaired) electrons. The van der Waals surface area contributed by atoms with E-state index in [2.05, 4.69) is 26.6 Å². The number of nitrogens with zero attached hydrogens (tertiary/aromatic N) is 4. The summed E-state index contributed by atoms with van der Waals surface area (Å²) in [5.74, 6) is 1.82. The van der Waals surface area contributed by atoms with Crippen LogP contribution in [0.5, 0.6) is 5.75 Å². The molecule has 33 heavy (non-hydrogen) atoms. The fourth-order valence-corrected chi connectivity index (χ4v) is 4.74. The lowest BCUT2D eigenvalue weighted by atomic mass is 10.2. The van der Waals surface area contributed by atoms with Gasteiger partial charge in [0.1, 0.15) is 23.5 Å². The van der Waals surface area contributed by atoms with Gasteiger partial charge in [-0.05, 0) is 55.1 Å². The lowest BCUT2D eigenvalue weighted by Crippen LogP contribution is -2.17. The third kappa shape index (κ3) is 4.94. The molecule has 1 amide bonds. The molecule has 0 aliphatic carbocycles. The van der Waals surface area contributed by atoms with Crippen molar-refractivity contribution in [1.29, 1.82) is 5.26 Å². The number of hydrogen-bond donors (Lipinski definition) is 2. The zero-order valence-electron chi connectivity index (χ0n) is 18.4. The molecule has 0 saturated heterocycles. The maximum Gasteiger partial charge on any atom is 0.236 e. The molecule has 3 aromatic heterocycles. The van der Waals surface area contributed by atoms with E-state index in [0.29, 0.717) is 23.0 Å². The standard InChI is InChI=1S/C23H22N6O2S2/c1-14-15(2)29(16-6-8-17(31-3)9-7-16)22(19(14)12-24)26-21(30)13-33-23-25-20(27-28-23)11-18-5-4-10-32-18/h4-10H,11,13H2,1-3H3,(H,26,30)(H,25,27,28). The van der Waals surface area contributed by atoms with Gasteiger partial charge in [0.05, 0.1) is 18.4 Å². The number of ether oxygens (including phenoxy) is 1. The van der Waals surface area contributed by atoms with Gasteiger partial charge in [0.15, 0.2) is 0 Å². The summed E-state index contributed by atoms with van der Waals surface area (Å²) in [4.78, 5) is 18.4. The van der Waals surface area contributed by atoms with Gasteiger partial charge in [0.25, 0.3) is 0 Å². The number of methoxy groups -OCH3 is 1. The van der Waals surface area contributed by atoms with Crippen molar-refractivity contribution < 1.29 is 9.53 Å². The number of nitriles is 1. The van der Waals surface area contributed by atoms with E-state index in [1.165, 1.54) is 16.6 Å². The van der Waals surface area contributed by atoms with Gasteiger partial charge in [0, 0.05) is 22.7 Å². The monoisotopic (exact) mass is 478 g/mol. The van der Waals surface area contributed by atoms with Crippen molar-refractivity contribution in [2.45, 2.75) is 25.4 Å². The average molecular weight is 479 g/mol. The topological polar surface area (TPSA) is 109 Å². The molecule has 8 nitrogen and oxygen atoms in total. The van der Waals surface area contributed by atoms with Crippen molar-refractivity contribution in [2.75, 3.05) is 18.2 Å². The molecule has 2 N–H and O–H groups in total. The Morgan fingerprint density at radius 3 is 2.76 bits per heavy atom. The van der Waals surface area contributed by atoms with E-state index in [-0.39, 0.29) is 11.7 Å². The Labute approximate surface area is 199 Å². The third-order valence-corrected chi connectivity index (χ3v) is 6.90. The number of benzene rings is 1. The highest BCUT2D eigenvalue weighted by Crippen LogP contribution is 2.31. The van der Waals surface area contributed by atoms with E-state index in [0.717, 1.165) is 28.5 Å². The van der Waals surface area contributed by atoms with Crippen molar-refractivity contribution in [3.63, 3.8) is 0 Å². The average Bonchev–Trinajstić information content (AvgIpc) is 3.55. The van der Waals surface area contributed by atoms with Gasteiger partial charge in [-0.25, -0.2) is 4.98 Å². The molecule has 0 spiro atoms. The number of carbonyl (C=O) groups excluding carboxylic acids is 1. The SMILES string of the molecule is COc1ccc(-n2c(C)c(C)c(C#N)c2NC(=O)CSc2n[nH]c(Cc3cccs3)n2)cc1. The lowest BCUT2D eigenvalue weighted by molar-refractivity contribution is -0.113. The van der Waals surface area contributed by atoms with Gasteiger partial charge in [-0.1, -0.05) is 17.8 Å². The minimum atomic E-state index is -0.242. The number of H-pyrrole nitrogens is 1. The second kappa shape index (κ2) is 9.94. The highest BCUT2D eigenvalue weighted by atomic mass is 32.2. The molecule has 168 valence electrons. The van der Waals surface area contributed by atoms with E-state index in [1.807, 2.05) is 60.2 Å². The summed E-state index contributed by atoms with van der Waals surface area (Å²) in [6, 6.07) is 13.7. The first-order chi connectivity index (χ1) is 16.0. The zero-order chi connectivity index (χ0) is 23.4. The van der Waals surface area contributed by atoms with E-state index < -0.39 is 0 Å². The van der Waals surface area contributed by atoms with Crippen LogP contribution in [0.25, 0.3) is 5.69 Å². The van der Waals surface area contributed by atoms with Crippen LogP contribution in [0.1, 0.15) is 27.5 Å². The van der Waals surface area contributed by atoms with Crippen LogP contribution < -0.4 is 10.1 Å². The maximum atomic E-state index is 12.8. The van der Waals surface area contributed by atoms with Gasteiger partial charge < -0.3 is 10.1 Å². The summed E-state index contributed by atoms with van der Waals surface area (Å²) in [6.45, 7) is 3.80. The fraction of sp³-hybridized carbons (Fsp3) is 0.217. The zero-order valence-corrected chi connectivity index (χ0v) is 20.0. The number of nitrogens with one attached hydrogen (secondary N) is 2. The number of aromatic amines is 1. The number of hydrogen-bond acceptors (Lipinski definition) is 7. The normalized spacial score (nSPS) is 10.7. The number of rotatable bonds is 8. The van der Waals surface area contributed by atoms with Gasteiger partial charge in [-0.3, -0.25) is 14.5 Å². The van der Waals surface area contributed by atoms with Crippen molar-refractivity contribution in [2.24, 2.45) is 0 Å². The van der Waals surface area contributed by atoms with Gasteiger partial charge in [0.2, 0.25) is 11.1 Å². The minimum Gasteiger partial charge on any atom is -0.497 e. The predicted molar refractivity (Wildman–Crippen MR) is 129 cm³/mol. The molecule has 10 heteroatoms. The second-order valence-corrected chi connectivity index (χ2v) is 9.21. The number of thiophene rings is 1. The molecule has 0 fully saturated rings. The van der Waals surface area contributed by atoms with Crippen molar-refractivity contribution in [3.05, 3.63) is 69.3 Å². The molecular formula is C23H22N6O2S2. The van der Waals surface area contributed by atoms with Crippen LogP contribution in [-0.2, 0) is 11.2 Å². The van der Waals surface area contributed by atoms with Gasteiger partial charge in [-0.15, -0.1) is 16.4 Å². The first-order valence-corrected chi connectivity index (χ1v) is 12.0. The molecule has 0 saturated carbocycles. The molecule has 0 aliphatic rings. The Morgan fingerprint density at radius 2 is 2.09 bits per heavy atom. The Kier molecular flexibility index (Phi) is 6.82. The number of carbonyl (C=O) groups is 1. The molecule has 1 aromatic carbocycles. The summed E-state index contributed by atoms with van der Waals surface area (Å²) < 4.78 is 7.11. The van der Waals surface area contributed by atoms with Crippen LogP contribution in [0.4, 0.5) is 5.82 Å². The Hall–Kier alpha value is -3.55. The summed E-state index contributed by atoms with van der Waals surface area (Å²) in [6.07, 6.45) is 0.677. The maximum absolute atomic E-state index is 12.8. The van der Waals surface area contributed by atoms with Crippen LogP contribution in [0, 0.1) is 25.2 Å². The predicted octanol–water partition coefficient (Wildman–Crippen LogP) is 4.48. The van der Waals surface area contributed by atoms with Crippen molar-refractivity contribution >= 4 is 34.8 Å². The first kappa shape index (κ1) is 22.6. The molecule has 0 unspecified atom stereocenters. The van der Waals surface area contributed by atoms with Crippen LogP contribution in [0.3, 0.4) is 0 Å². The summed E-state index contributed by atoms with van der Waals surface area (Å²) >= 11 is 2.90. The summed E-state index contributed by atoms with van der Waals surface area (Å²) in [7, 11) is 1.61. The van der Waals surface area contributed by atoms with E-state index in [4.69, 9.17) is 4.74 Å². The minimum absolute atomic E-state index is 0.118. The van der Waals surface area contributed by atoms with Crippen LogP contribution in [0.15, 0.2) is 46.9 Å². The molecule has 3 heterocycles. The van der Waals surface area contributed by atoms with Crippen LogP contribution in [0.2, 0.25) is 0 Å². The first-order valence-electron chi connectivity index (χ1n) is 10.1. The lowest BCUT2D eigenvalue weighted by Gasteiger charge is -2.13. The van der Waals surface area contributed by atoms with Crippen LogP contribution >= 0.6 is 23.1 Å². The number of thioether (sulfide) groups is 1. The van der Waals surface area contributed by atoms with E-state index in [9.17, 15) is 10.1 Å². The number of anilines is 1. The summed E-state index contributed by atoms with van der Waals surface area (Å²) in [5, 5.41) is 22.3. The van der Waals surface area contributed by atoms with E-state index >= 15 is 0 Å². The highest BCUT2D eigenvalue weighted by Gasteiger charge is 2.21. The molecule has 0 bridgehead atoms. The van der Waals surface area contributed by atoms with Gasteiger partial charge >= 0.3 is 0 Å². The largest absolute Gasteiger partial charge is 0.497 e. The smallest absolute Gasteiger partial charge is 0.236 e. The molecule has 4 aromatic rings. The van der Waals surface area contributed by atoms with Crippen LogP contribution in [-0.4, -0.2) is 38.5 Å². The molecule has 4 rings (SSSR count). The number of amides is 1. The Bertz CT molecular complexity index is 1300. The Balaban J connectivity index is 1.49. The molecular weight excluding hydrogens is 456 g/mol. The van der Waals surface area contributed by atoms with Gasteiger partial charge in [-0.2, -0.15) is 5.26 Å². The highest BCUT2D eigenvalue weighted by molar-refractivity contribution is 7.99. The van der Waals surface area contributed by atoms with Crippen molar-refractivity contribution in [3.8, 4) is 17.5 Å². The molecule has 0 atom stereocenters. The second-order valence-electron chi connectivity index (χ2n) is 7.24. The summed E-state index contributed by atoms with van der Waals surface area (Å²) in [5.41, 5.74) is 2.97. The quantitative estimate of drug-likeness (QED) is 0.362. The van der Waals surface area contributed by atoms with Crippen molar-refractivity contribution in [1.82, 2.24) is 19.7 Å². The fourth-order valence-electron chi connectivity index (χ4n) is 3.41.